The number of hydrogen-bond acceptors (Lipinski definition) is 4. The van der Waals surface area contributed by atoms with Crippen LogP contribution in [0.3, 0.4) is 0 Å². The molecular weight excluding hydrogens is 292 g/mol. The van der Waals surface area contributed by atoms with Gasteiger partial charge in [0, 0.05) is 22.8 Å². The summed E-state index contributed by atoms with van der Waals surface area (Å²) >= 11 is 1.52. The Labute approximate surface area is 127 Å². The molecule has 1 rings (SSSR count). The van der Waals surface area contributed by atoms with Gasteiger partial charge in [0.05, 0.1) is 4.90 Å². The van der Waals surface area contributed by atoms with Crippen LogP contribution >= 0.6 is 11.3 Å². The van der Waals surface area contributed by atoms with Crippen LogP contribution < -0.4 is 10.0 Å². The highest BCUT2D eigenvalue weighted by molar-refractivity contribution is 7.89. The summed E-state index contributed by atoms with van der Waals surface area (Å²) in [6.45, 7) is 11.4. The van der Waals surface area contributed by atoms with Crippen molar-refractivity contribution in [2.75, 3.05) is 13.6 Å². The Balaban J connectivity index is 2.84. The standard InChI is InChI=1S/C14H26N2O2S2/c1-10(14(3,4)5)8-16-20(17,18)13-7-12(9-15-6)19-11(13)2/h7,10,15-16H,8-9H2,1-6H3. The zero-order valence-corrected chi connectivity index (χ0v) is 14.8. The summed E-state index contributed by atoms with van der Waals surface area (Å²) in [5.41, 5.74) is 0.0868. The molecule has 4 nitrogen and oxygen atoms in total. The van der Waals surface area contributed by atoms with Crippen LogP contribution in [0.1, 0.15) is 37.4 Å². The van der Waals surface area contributed by atoms with Crippen molar-refractivity contribution in [2.24, 2.45) is 11.3 Å². The molecule has 1 aromatic rings. The predicted molar refractivity (Wildman–Crippen MR) is 85.6 cm³/mol. The minimum Gasteiger partial charge on any atom is -0.315 e. The highest BCUT2D eigenvalue weighted by Gasteiger charge is 2.24. The topological polar surface area (TPSA) is 58.2 Å². The quantitative estimate of drug-likeness (QED) is 0.848. The van der Waals surface area contributed by atoms with Crippen LogP contribution in [0.4, 0.5) is 0 Å². The molecule has 0 fully saturated rings. The Morgan fingerprint density at radius 3 is 2.45 bits per heavy atom. The van der Waals surface area contributed by atoms with Gasteiger partial charge in [-0.1, -0.05) is 27.7 Å². The minimum absolute atomic E-state index is 0.0868. The molecule has 20 heavy (non-hydrogen) atoms. The fourth-order valence-corrected chi connectivity index (χ4v) is 4.45. The SMILES string of the molecule is CNCc1cc(S(=O)(=O)NCC(C)C(C)(C)C)c(C)s1. The third kappa shape index (κ3) is 4.55. The van der Waals surface area contributed by atoms with Crippen LogP contribution in [0, 0.1) is 18.3 Å². The maximum atomic E-state index is 12.4. The molecule has 0 aromatic carbocycles. The molecular formula is C14H26N2O2S2. The molecule has 1 heterocycles. The molecule has 6 heteroatoms. The maximum absolute atomic E-state index is 12.4. The lowest BCUT2D eigenvalue weighted by molar-refractivity contribution is 0.263. The van der Waals surface area contributed by atoms with E-state index < -0.39 is 10.0 Å². The summed E-state index contributed by atoms with van der Waals surface area (Å²) in [7, 11) is -1.56. The Hall–Kier alpha value is -0.430. The van der Waals surface area contributed by atoms with Gasteiger partial charge in [-0.05, 0) is 31.4 Å². The first-order valence-corrected chi connectivity index (χ1v) is 9.11. The van der Waals surface area contributed by atoms with Crippen molar-refractivity contribution in [1.29, 1.82) is 0 Å². The average Bonchev–Trinajstić information content (AvgIpc) is 2.67. The van der Waals surface area contributed by atoms with Gasteiger partial charge in [0.2, 0.25) is 10.0 Å². The van der Waals surface area contributed by atoms with Crippen molar-refractivity contribution in [2.45, 2.75) is 46.1 Å². The predicted octanol–water partition coefficient (Wildman–Crippen LogP) is 2.74. The molecule has 0 amide bonds. The van der Waals surface area contributed by atoms with Crippen molar-refractivity contribution in [3.8, 4) is 0 Å². The van der Waals surface area contributed by atoms with E-state index in [9.17, 15) is 8.42 Å². The van der Waals surface area contributed by atoms with Gasteiger partial charge in [-0.2, -0.15) is 0 Å². The van der Waals surface area contributed by atoms with Gasteiger partial charge in [0.1, 0.15) is 0 Å². The van der Waals surface area contributed by atoms with Gasteiger partial charge in [0.25, 0.3) is 0 Å². The molecule has 0 spiro atoms. The number of thiophene rings is 1. The van der Waals surface area contributed by atoms with E-state index in [1.807, 2.05) is 14.0 Å². The average molecular weight is 319 g/mol. The lowest BCUT2D eigenvalue weighted by Gasteiger charge is -2.27. The molecule has 116 valence electrons. The van der Waals surface area contributed by atoms with Gasteiger partial charge >= 0.3 is 0 Å². The molecule has 0 aliphatic heterocycles. The number of hydrogen-bond donors (Lipinski definition) is 2. The van der Waals surface area contributed by atoms with E-state index in [1.54, 1.807) is 6.07 Å². The van der Waals surface area contributed by atoms with Crippen molar-refractivity contribution >= 4 is 21.4 Å². The van der Waals surface area contributed by atoms with E-state index in [-0.39, 0.29) is 11.3 Å². The largest absolute Gasteiger partial charge is 0.315 e. The Morgan fingerprint density at radius 1 is 1.35 bits per heavy atom. The third-order valence-corrected chi connectivity index (χ3v) is 6.35. The normalized spacial score (nSPS) is 14.5. The highest BCUT2D eigenvalue weighted by atomic mass is 32.2. The number of aryl methyl sites for hydroxylation is 1. The first-order chi connectivity index (χ1) is 9.08. The van der Waals surface area contributed by atoms with Crippen LogP contribution in [0.15, 0.2) is 11.0 Å². The van der Waals surface area contributed by atoms with Crippen LogP contribution in [0.5, 0.6) is 0 Å². The second-order valence-corrected chi connectivity index (χ2v) is 9.36. The Bertz CT molecular complexity index is 542. The zero-order chi connectivity index (χ0) is 15.6. The molecule has 0 aliphatic carbocycles. The van der Waals surface area contributed by atoms with Crippen molar-refractivity contribution in [3.05, 3.63) is 15.8 Å². The van der Waals surface area contributed by atoms with E-state index in [0.29, 0.717) is 18.0 Å². The molecule has 1 atom stereocenters. The summed E-state index contributed by atoms with van der Waals surface area (Å²) in [5, 5.41) is 3.04. The molecule has 0 radical (unpaired) electrons. The summed E-state index contributed by atoms with van der Waals surface area (Å²) in [6.07, 6.45) is 0. The van der Waals surface area contributed by atoms with E-state index in [2.05, 4.69) is 37.7 Å². The van der Waals surface area contributed by atoms with Crippen LogP contribution in [-0.4, -0.2) is 22.0 Å². The first-order valence-electron chi connectivity index (χ1n) is 6.81. The first kappa shape index (κ1) is 17.6. The molecule has 0 saturated heterocycles. The molecule has 2 N–H and O–H groups in total. The van der Waals surface area contributed by atoms with Crippen molar-refractivity contribution in [3.63, 3.8) is 0 Å². The second kappa shape index (κ2) is 6.56. The zero-order valence-electron chi connectivity index (χ0n) is 13.2. The fourth-order valence-electron chi connectivity index (χ4n) is 1.67. The van der Waals surface area contributed by atoms with Gasteiger partial charge in [-0.25, -0.2) is 13.1 Å². The molecule has 0 bridgehead atoms. The van der Waals surface area contributed by atoms with E-state index in [1.165, 1.54) is 11.3 Å². The molecule has 1 aromatic heterocycles. The molecule has 0 saturated carbocycles. The van der Waals surface area contributed by atoms with E-state index in [0.717, 1.165) is 9.75 Å². The summed E-state index contributed by atoms with van der Waals surface area (Å²) < 4.78 is 27.5. The van der Waals surface area contributed by atoms with E-state index in [4.69, 9.17) is 0 Å². The van der Waals surface area contributed by atoms with Crippen molar-refractivity contribution in [1.82, 2.24) is 10.0 Å². The van der Waals surface area contributed by atoms with Crippen molar-refractivity contribution < 1.29 is 8.42 Å². The molecule has 1 unspecified atom stereocenters. The lowest BCUT2D eigenvalue weighted by Crippen LogP contribution is -2.33. The number of nitrogens with one attached hydrogen (secondary N) is 2. The van der Waals surface area contributed by atoms with Crippen LogP contribution in [0.25, 0.3) is 0 Å². The maximum Gasteiger partial charge on any atom is 0.241 e. The smallest absolute Gasteiger partial charge is 0.241 e. The minimum atomic E-state index is -3.41. The highest BCUT2D eigenvalue weighted by Crippen LogP contribution is 2.27. The second-order valence-electron chi connectivity index (χ2n) is 6.28. The Morgan fingerprint density at radius 2 is 1.95 bits per heavy atom. The lowest BCUT2D eigenvalue weighted by atomic mass is 9.82. The third-order valence-electron chi connectivity index (χ3n) is 3.62. The Kier molecular flexibility index (Phi) is 5.78. The van der Waals surface area contributed by atoms with Gasteiger partial charge in [0.15, 0.2) is 0 Å². The van der Waals surface area contributed by atoms with Crippen LogP contribution in [0.2, 0.25) is 0 Å². The monoisotopic (exact) mass is 318 g/mol. The molecule has 0 aliphatic rings. The van der Waals surface area contributed by atoms with Gasteiger partial charge in [-0.3, -0.25) is 0 Å². The summed E-state index contributed by atoms with van der Waals surface area (Å²) in [4.78, 5) is 2.29. The van der Waals surface area contributed by atoms with E-state index >= 15 is 0 Å². The summed E-state index contributed by atoms with van der Waals surface area (Å²) in [6, 6.07) is 1.76. The van der Waals surface area contributed by atoms with Gasteiger partial charge in [-0.15, -0.1) is 11.3 Å². The van der Waals surface area contributed by atoms with Gasteiger partial charge < -0.3 is 5.32 Å². The van der Waals surface area contributed by atoms with Crippen LogP contribution in [-0.2, 0) is 16.6 Å². The number of rotatable bonds is 6. The summed E-state index contributed by atoms with van der Waals surface area (Å²) in [5.74, 6) is 0.271. The number of sulfonamides is 1. The fraction of sp³-hybridized carbons (Fsp3) is 0.714.